The predicted octanol–water partition coefficient (Wildman–Crippen LogP) is 3.45. The van der Waals surface area contributed by atoms with Crippen molar-refractivity contribution in [1.82, 2.24) is 24.7 Å². The van der Waals surface area contributed by atoms with Gasteiger partial charge in [0.2, 0.25) is 0 Å². The smallest absolute Gasteiger partial charge is 0.200 e. The van der Waals surface area contributed by atoms with Gasteiger partial charge in [0.05, 0.1) is 23.5 Å². The Labute approximate surface area is 138 Å². The summed E-state index contributed by atoms with van der Waals surface area (Å²) in [6, 6.07) is 5.58. The summed E-state index contributed by atoms with van der Waals surface area (Å²) in [5.41, 5.74) is 0.555. The highest BCUT2D eigenvalue weighted by Gasteiger charge is 2.15. The molecule has 0 saturated carbocycles. The second-order valence-electron chi connectivity index (χ2n) is 4.91. The van der Waals surface area contributed by atoms with Crippen molar-refractivity contribution < 1.29 is 13.2 Å². The van der Waals surface area contributed by atoms with Crippen LogP contribution in [-0.2, 0) is 7.05 Å². The van der Waals surface area contributed by atoms with Crippen LogP contribution >= 0.6 is 11.8 Å². The maximum absolute atomic E-state index is 13.3. The van der Waals surface area contributed by atoms with Crippen LogP contribution in [0.4, 0.5) is 8.78 Å². The molecule has 0 atom stereocenters. The molecule has 6 nitrogen and oxygen atoms in total. The quantitative estimate of drug-likeness (QED) is 0.566. The lowest BCUT2D eigenvalue weighted by Crippen LogP contribution is -1.95. The lowest BCUT2D eigenvalue weighted by Gasteiger charge is -2.03. The third kappa shape index (κ3) is 2.52. The summed E-state index contributed by atoms with van der Waals surface area (Å²) in [4.78, 5) is 8.37. The molecule has 0 aliphatic heterocycles. The fourth-order valence-corrected chi connectivity index (χ4v) is 2.90. The van der Waals surface area contributed by atoms with Gasteiger partial charge in [0, 0.05) is 19.2 Å². The summed E-state index contributed by atoms with van der Waals surface area (Å²) < 4.78 is 33.6. The number of hydrogen-bond acceptors (Lipinski definition) is 6. The van der Waals surface area contributed by atoms with E-state index in [2.05, 4.69) is 20.2 Å². The number of fused-ring (bicyclic) bond motifs is 1. The summed E-state index contributed by atoms with van der Waals surface area (Å²) in [5.74, 6) is -0.741. The van der Waals surface area contributed by atoms with Crippen LogP contribution in [-0.4, -0.2) is 24.7 Å². The number of halogens is 2. The van der Waals surface area contributed by atoms with Gasteiger partial charge in [0.25, 0.3) is 0 Å². The SMILES string of the molecule is Cn1c(Sc2cnc3cc(F)c(F)cc3n2)nnc1-c1ccco1. The monoisotopic (exact) mass is 345 g/mol. The Hall–Kier alpha value is -2.81. The van der Waals surface area contributed by atoms with E-state index in [-0.39, 0.29) is 11.0 Å². The van der Waals surface area contributed by atoms with E-state index in [1.54, 1.807) is 30.0 Å². The first-order valence-electron chi connectivity index (χ1n) is 6.85. The van der Waals surface area contributed by atoms with Crippen molar-refractivity contribution in [1.29, 1.82) is 0 Å². The van der Waals surface area contributed by atoms with E-state index < -0.39 is 11.6 Å². The first-order chi connectivity index (χ1) is 11.6. The van der Waals surface area contributed by atoms with Crippen LogP contribution in [0.25, 0.3) is 22.6 Å². The third-order valence-electron chi connectivity index (χ3n) is 3.33. The Morgan fingerprint density at radius 1 is 1.12 bits per heavy atom. The van der Waals surface area contributed by atoms with Gasteiger partial charge < -0.3 is 8.98 Å². The largest absolute Gasteiger partial charge is 0.461 e. The first kappa shape index (κ1) is 14.8. The van der Waals surface area contributed by atoms with Crippen LogP contribution in [0.2, 0.25) is 0 Å². The minimum Gasteiger partial charge on any atom is -0.461 e. The summed E-state index contributed by atoms with van der Waals surface area (Å²) in [6.45, 7) is 0. The second-order valence-corrected chi connectivity index (χ2v) is 5.90. The third-order valence-corrected chi connectivity index (χ3v) is 4.28. The molecule has 3 aromatic heterocycles. The Morgan fingerprint density at radius 2 is 1.92 bits per heavy atom. The van der Waals surface area contributed by atoms with Gasteiger partial charge in [-0.25, -0.2) is 13.8 Å². The van der Waals surface area contributed by atoms with Crippen LogP contribution in [0.15, 0.2) is 51.3 Å². The topological polar surface area (TPSA) is 69.6 Å². The number of furan rings is 1. The summed E-state index contributed by atoms with van der Waals surface area (Å²) in [7, 11) is 1.80. The maximum atomic E-state index is 13.3. The van der Waals surface area contributed by atoms with E-state index in [0.29, 0.717) is 21.8 Å². The molecule has 24 heavy (non-hydrogen) atoms. The first-order valence-corrected chi connectivity index (χ1v) is 7.66. The standard InChI is InChI=1S/C15H9F2N5OS/c1-22-14(12-3-2-4-23-12)20-21-15(22)24-13-7-18-10-5-8(16)9(17)6-11(10)19-13/h2-7H,1H3. The number of rotatable bonds is 3. The van der Waals surface area contributed by atoms with Gasteiger partial charge in [-0.1, -0.05) is 0 Å². The van der Waals surface area contributed by atoms with Crippen molar-refractivity contribution in [3.05, 3.63) is 48.4 Å². The van der Waals surface area contributed by atoms with Gasteiger partial charge in [-0.15, -0.1) is 10.2 Å². The molecule has 4 rings (SSSR count). The van der Waals surface area contributed by atoms with E-state index in [1.807, 2.05) is 0 Å². The molecule has 0 aliphatic rings. The Kier molecular flexibility index (Phi) is 3.49. The Morgan fingerprint density at radius 3 is 2.67 bits per heavy atom. The lowest BCUT2D eigenvalue weighted by atomic mass is 10.3. The van der Waals surface area contributed by atoms with Gasteiger partial charge in [0.1, 0.15) is 5.03 Å². The Bertz CT molecular complexity index is 1030. The number of aromatic nitrogens is 5. The van der Waals surface area contributed by atoms with Crippen molar-refractivity contribution in [2.75, 3.05) is 0 Å². The summed E-state index contributed by atoms with van der Waals surface area (Å²) in [6.07, 6.45) is 3.03. The molecular weight excluding hydrogens is 336 g/mol. The fourth-order valence-electron chi connectivity index (χ4n) is 2.16. The molecule has 120 valence electrons. The molecule has 1 aromatic carbocycles. The van der Waals surface area contributed by atoms with Crippen LogP contribution < -0.4 is 0 Å². The van der Waals surface area contributed by atoms with Crippen LogP contribution in [0.5, 0.6) is 0 Å². The maximum Gasteiger partial charge on any atom is 0.200 e. The minimum absolute atomic E-state index is 0.271. The van der Waals surface area contributed by atoms with Gasteiger partial charge in [-0.05, 0) is 23.9 Å². The molecule has 0 N–H and O–H groups in total. The van der Waals surface area contributed by atoms with Crippen molar-refractivity contribution in [2.24, 2.45) is 7.05 Å². The average molecular weight is 345 g/mol. The molecule has 0 bridgehead atoms. The van der Waals surface area contributed by atoms with E-state index in [4.69, 9.17) is 4.42 Å². The van der Waals surface area contributed by atoms with Crippen molar-refractivity contribution in [2.45, 2.75) is 10.2 Å². The van der Waals surface area contributed by atoms with Gasteiger partial charge in [-0.3, -0.25) is 4.98 Å². The van der Waals surface area contributed by atoms with Crippen LogP contribution in [0.1, 0.15) is 0 Å². The zero-order valence-corrected chi connectivity index (χ0v) is 13.1. The van der Waals surface area contributed by atoms with Crippen molar-refractivity contribution in [3.63, 3.8) is 0 Å². The zero-order valence-electron chi connectivity index (χ0n) is 12.3. The molecule has 9 heteroatoms. The molecule has 0 aliphatic carbocycles. The molecular formula is C15H9F2N5OS. The molecule has 0 fully saturated rings. The second kappa shape index (κ2) is 5.68. The summed E-state index contributed by atoms with van der Waals surface area (Å²) in [5, 5.41) is 9.24. The number of benzene rings is 1. The van der Waals surface area contributed by atoms with Gasteiger partial charge in [-0.2, -0.15) is 0 Å². The number of hydrogen-bond donors (Lipinski definition) is 0. The number of nitrogens with zero attached hydrogens (tertiary/aromatic N) is 5. The summed E-state index contributed by atoms with van der Waals surface area (Å²) >= 11 is 1.22. The van der Waals surface area contributed by atoms with Crippen LogP contribution in [0.3, 0.4) is 0 Å². The lowest BCUT2D eigenvalue weighted by molar-refractivity contribution is 0.510. The molecule has 0 amide bonds. The highest BCUT2D eigenvalue weighted by atomic mass is 32.2. The highest BCUT2D eigenvalue weighted by Crippen LogP contribution is 2.28. The van der Waals surface area contributed by atoms with E-state index >= 15 is 0 Å². The molecule has 4 aromatic rings. The zero-order chi connectivity index (χ0) is 16.7. The van der Waals surface area contributed by atoms with E-state index in [0.717, 1.165) is 12.1 Å². The molecule has 0 unspecified atom stereocenters. The average Bonchev–Trinajstić information content (AvgIpc) is 3.20. The normalized spacial score (nSPS) is 11.3. The van der Waals surface area contributed by atoms with E-state index in [1.165, 1.54) is 18.0 Å². The van der Waals surface area contributed by atoms with Gasteiger partial charge in [0.15, 0.2) is 28.4 Å². The van der Waals surface area contributed by atoms with E-state index in [9.17, 15) is 8.78 Å². The van der Waals surface area contributed by atoms with Gasteiger partial charge >= 0.3 is 0 Å². The van der Waals surface area contributed by atoms with Crippen molar-refractivity contribution in [3.8, 4) is 11.6 Å². The highest BCUT2D eigenvalue weighted by molar-refractivity contribution is 7.99. The minimum atomic E-state index is -0.960. The molecule has 0 radical (unpaired) electrons. The molecule has 0 spiro atoms. The molecule has 0 saturated heterocycles. The fraction of sp³-hybridized carbons (Fsp3) is 0.0667. The predicted molar refractivity (Wildman–Crippen MR) is 82.3 cm³/mol. The molecule has 3 heterocycles. The Balaban J connectivity index is 1.68. The van der Waals surface area contributed by atoms with Crippen LogP contribution in [0, 0.1) is 11.6 Å². The van der Waals surface area contributed by atoms with Crippen molar-refractivity contribution >= 4 is 22.8 Å².